The van der Waals surface area contributed by atoms with Crippen molar-refractivity contribution in [3.8, 4) is 0 Å². The fourth-order valence-corrected chi connectivity index (χ4v) is 2.66. The first kappa shape index (κ1) is 13.3. The average molecular weight is 272 g/mol. The van der Waals surface area contributed by atoms with Crippen molar-refractivity contribution in [1.29, 1.82) is 0 Å². The number of nitrogens with one attached hydrogen (secondary N) is 1. The highest BCUT2D eigenvalue weighted by Gasteiger charge is 2.16. The number of carbonyl (C=O) groups is 1. The molecule has 1 saturated heterocycles. The van der Waals surface area contributed by atoms with Gasteiger partial charge in [0.05, 0.1) is 17.6 Å². The molecule has 1 aromatic heterocycles. The van der Waals surface area contributed by atoms with Crippen molar-refractivity contribution in [2.75, 3.05) is 32.7 Å². The van der Waals surface area contributed by atoms with Gasteiger partial charge in [0.1, 0.15) is 5.82 Å². The van der Waals surface area contributed by atoms with Crippen LogP contribution in [0.4, 0.5) is 0 Å². The van der Waals surface area contributed by atoms with Crippen LogP contribution in [-0.4, -0.2) is 53.0 Å². The number of piperazine rings is 1. The van der Waals surface area contributed by atoms with Gasteiger partial charge in [-0.2, -0.15) is 0 Å². The molecule has 2 heterocycles. The van der Waals surface area contributed by atoms with E-state index >= 15 is 0 Å². The van der Waals surface area contributed by atoms with Gasteiger partial charge in [-0.1, -0.05) is 0 Å². The fourth-order valence-electron chi connectivity index (χ4n) is 2.66. The molecule has 0 saturated carbocycles. The van der Waals surface area contributed by atoms with Crippen LogP contribution in [0.15, 0.2) is 18.2 Å². The van der Waals surface area contributed by atoms with Crippen molar-refractivity contribution in [2.24, 2.45) is 7.05 Å². The lowest BCUT2D eigenvalue weighted by molar-refractivity contribution is 0.0921. The van der Waals surface area contributed by atoms with Crippen molar-refractivity contribution >= 4 is 16.8 Å². The van der Waals surface area contributed by atoms with Crippen LogP contribution in [0, 0.1) is 6.92 Å². The first-order valence-corrected chi connectivity index (χ1v) is 7.04. The molecule has 5 nitrogen and oxygen atoms in total. The summed E-state index contributed by atoms with van der Waals surface area (Å²) in [6, 6.07) is 5.81. The summed E-state index contributed by atoms with van der Waals surface area (Å²) in [6.07, 6.45) is 0. The third kappa shape index (κ3) is 2.46. The largest absolute Gasteiger partial charge is 0.331 e. The minimum Gasteiger partial charge on any atom is -0.331 e. The summed E-state index contributed by atoms with van der Waals surface area (Å²) in [5, 5.41) is 3.30. The topological polar surface area (TPSA) is 50.2 Å². The molecule has 1 aliphatic rings. The van der Waals surface area contributed by atoms with E-state index in [1.54, 1.807) is 0 Å². The molecule has 1 aromatic carbocycles. The molecule has 106 valence electrons. The van der Waals surface area contributed by atoms with Gasteiger partial charge >= 0.3 is 0 Å². The van der Waals surface area contributed by atoms with E-state index in [1.165, 1.54) is 0 Å². The molecule has 0 bridgehead atoms. The Hall–Kier alpha value is -1.72. The normalized spacial score (nSPS) is 16.7. The van der Waals surface area contributed by atoms with Crippen LogP contribution in [0.3, 0.4) is 0 Å². The van der Waals surface area contributed by atoms with E-state index < -0.39 is 0 Å². The Bertz CT molecular complexity index is 641. The number of fused-ring (bicyclic) bond motifs is 1. The third-order valence-electron chi connectivity index (χ3n) is 4.00. The van der Waals surface area contributed by atoms with E-state index in [-0.39, 0.29) is 5.78 Å². The zero-order valence-electron chi connectivity index (χ0n) is 12.0. The number of aryl methyl sites for hydroxylation is 2. The van der Waals surface area contributed by atoms with Crippen molar-refractivity contribution in [3.63, 3.8) is 0 Å². The molecule has 20 heavy (non-hydrogen) atoms. The van der Waals surface area contributed by atoms with E-state index in [2.05, 4.69) is 15.2 Å². The SMILES string of the molecule is Cc1nc2cc(C(=O)CN3CCNCC3)ccc2n1C. The maximum Gasteiger partial charge on any atom is 0.176 e. The number of hydrogen-bond donors (Lipinski definition) is 1. The van der Waals surface area contributed by atoms with Crippen LogP contribution in [-0.2, 0) is 7.05 Å². The Balaban J connectivity index is 1.80. The summed E-state index contributed by atoms with van der Waals surface area (Å²) in [4.78, 5) is 19.0. The van der Waals surface area contributed by atoms with Crippen LogP contribution in [0.25, 0.3) is 11.0 Å². The van der Waals surface area contributed by atoms with Gasteiger partial charge < -0.3 is 9.88 Å². The number of hydrogen-bond acceptors (Lipinski definition) is 4. The molecule has 0 unspecified atom stereocenters. The minimum atomic E-state index is 0.178. The van der Waals surface area contributed by atoms with Gasteiger partial charge in [0.25, 0.3) is 0 Å². The van der Waals surface area contributed by atoms with E-state index in [0.29, 0.717) is 6.54 Å². The smallest absolute Gasteiger partial charge is 0.176 e. The summed E-state index contributed by atoms with van der Waals surface area (Å²) in [5.74, 6) is 1.14. The molecule has 0 spiro atoms. The predicted molar refractivity (Wildman–Crippen MR) is 79.1 cm³/mol. The summed E-state index contributed by atoms with van der Waals surface area (Å²) >= 11 is 0. The molecule has 3 rings (SSSR count). The monoisotopic (exact) mass is 272 g/mol. The highest BCUT2D eigenvalue weighted by molar-refractivity contribution is 6.00. The third-order valence-corrected chi connectivity index (χ3v) is 4.00. The number of carbonyl (C=O) groups excluding carboxylic acids is 1. The Labute approximate surface area is 118 Å². The second kappa shape index (κ2) is 5.34. The minimum absolute atomic E-state index is 0.178. The van der Waals surface area contributed by atoms with Crippen molar-refractivity contribution in [3.05, 3.63) is 29.6 Å². The number of imidazole rings is 1. The van der Waals surface area contributed by atoms with Gasteiger partial charge in [0.2, 0.25) is 0 Å². The molecule has 0 aliphatic carbocycles. The van der Waals surface area contributed by atoms with Gasteiger partial charge in [0.15, 0.2) is 5.78 Å². The maximum atomic E-state index is 12.4. The van der Waals surface area contributed by atoms with Crippen LogP contribution in [0.5, 0.6) is 0 Å². The number of aromatic nitrogens is 2. The van der Waals surface area contributed by atoms with Gasteiger partial charge in [0, 0.05) is 38.8 Å². The predicted octanol–water partition coefficient (Wildman–Crippen LogP) is 0.970. The van der Waals surface area contributed by atoms with E-state index in [9.17, 15) is 4.79 Å². The molecule has 1 N–H and O–H groups in total. The van der Waals surface area contributed by atoms with Gasteiger partial charge in [-0.3, -0.25) is 9.69 Å². The molecular weight excluding hydrogens is 252 g/mol. The van der Waals surface area contributed by atoms with Crippen molar-refractivity contribution < 1.29 is 4.79 Å². The maximum absolute atomic E-state index is 12.4. The number of ketones is 1. The lowest BCUT2D eigenvalue weighted by atomic mass is 10.1. The molecule has 0 amide bonds. The molecule has 1 aliphatic heterocycles. The Morgan fingerprint density at radius 1 is 1.35 bits per heavy atom. The molecule has 1 fully saturated rings. The first-order chi connectivity index (χ1) is 9.65. The quantitative estimate of drug-likeness (QED) is 0.846. The summed E-state index contributed by atoms with van der Waals surface area (Å²) < 4.78 is 2.04. The van der Waals surface area contributed by atoms with E-state index in [1.807, 2.05) is 36.7 Å². The van der Waals surface area contributed by atoms with Crippen LogP contribution in [0.2, 0.25) is 0 Å². The second-order valence-electron chi connectivity index (χ2n) is 5.37. The highest BCUT2D eigenvalue weighted by Crippen LogP contribution is 2.17. The van der Waals surface area contributed by atoms with Gasteiger partial charge in [-0.05, 0) is 25.1 Å². The van der Waals surface area contributed by atoms with Crippen molar-refractivity contribution in [2.45, 2.75) is 6.92 Å². The van der Waals surface area contributed by atoms with Gasteiger partial charge in [-0.25, -0.2) is 4.98 Å². The Morgan fingerprint density at radius 2 is 2.10 bits per heavy atom. The molecule has 0 radical (unpaired) electrons. The Morgan fingerprint density at radius 3 is 2.85 bits per heavy atom. The Kier molecular flexibility index (Phi) is 3.54. The van der Waals surface area contributed by atoms with Crippen LogP contribution >= 0.6 is 0 Å². The zero-order chi connectivity index (χ0) is 14.1. The molecule has 2 aromatic rings. The lowest BCUT2D eigenvalue weighted by Crippen LogP contribution is -2.45. The molecule has 0 atom stereocenters. The zero-order valence-corrected chi connectivity index (χ0v) is 12.0. The molecular formula is C15H20N4O. The summed E-state index contributed by atoms with van der Waals surface area (Å²) in [5.41, 5.74) is 2.73. The van der Waals surface area contributed by atoms with Crippen molar-refractivity contribution in [1.82, 2.24) is 19.8 Å². The number of rotatable bonds is 3. The van der Waals surface area contributed by atoms with Gasteiger partial charge in [-0.15, -0.1) is 0 Å². The van der Waals surface area contributed by atoms with Crippen LogP contribution < -0.4 is 5.32 Å². The highest BCUT2D eigenvalue weighted by atomic mass is 16.1. The van der Waals surface area contributed by atoms with E-state index in [4.69, 9.17) is 0 Å². The van der Waals surface area contributed by atoms with Crippen LogP contribution in [0.1, 0.15) is 16.2 Å². The fraction of sp³-hybridized carbons (Fsp3) is 0.467. The first-order valence-electron chi connectivity index (χ1n) is 7.04. The lowest BCUT2D eigenvalue weighted by Gasteiger charge is -2.26. The second-order valence-corrected chi connectivity index (χ2v) is 5.37. The average Bonchev–Trinajstić information content (AvgIpc) is 2.74. The summed E-state index contributed by atoms with van der Waals surface area (Å²) in [7, 11) is 1.99. The number of Topliss-reactive ketones (excluding diaryl/α,β-unsaturated/α-hetero) is 1. The summed E-state index contributed by atoms with van der Waals surface area (Å²) in [6.45, 7) is 6.28. The number of nitrogens with zero attached hydrogens (tertiary/aromatic N) is 3. The molecule has 5 heteroatoms. The standard InChI is InChI=1S/C15H20N4O/c1-11-17-13-9-12(3-4-14(13)18(11)2)15(20)10-19-7-5-16-6-8-19/h3-4,9,16H,5-8,10H2,1-2H3. The number of benzene rings is 1. The van der Waals surface area contributed by atoms with E-state index in [0.717, 1.165) is 48.6 Å².